The smallest absolute Gasteiger partial charge is 0.300 e. The molecule has 0 bridgehead atoms. The third-order valence-corrected chi connectivity index (χ3v) is 6.38. The van der Waals surface area contributed by atoms with Gasteiger partial charge in [0.2, 0.25) is 0 Å². The van der Waals surface area contributed by atoms with Gasteiger partial charge in [0.05, 0.1) is 11.6 Å². The summed E-state index contributed by atoms with van der Waals surface area (Å²) in [5.41, 5.74) is 4.93. The molecule has 3 aromatic carbocycles. The first-order valence-electron chi connectivity index (χ1n) is 11.1. The third kappa shape index (κ3) is 3.50. The van der Waals surface area contributed by atoms with Crippen LogP contribution in [0.3, 0.4) is 0 Å². The predicted molar refractivity (Wildman–Crippen MR) is 127 cm³/mol. The van der Waals surface area contributed by atoms with E-state index < -0.39 is 17.7 Å². The molecular formula is C28H25NO4. The molecule has 1 saturated heterocycles. The summed E-state index contributed by atoms with van der Waals surface area (Å²) in [6.45, 7) is 5.88. The van der Waals surface area contributed by atoms with Crippen LogP contribution in [0.5, 0.6) is 5.75 Å². The van der Waals surface area contributed by atoms with E-state index in [1.165, 1.54) is 4.90 Å². The van der Waals surface area contributed by atoms with E-state index in [9.17, 15) is 14.7 Å². The molecule has 0 saturated carbocycles. The van der Waals surface area contributed by atoms with E-state index in [-0.39, 0.29) is 17.4 Å². The number of ether oxygens (including phenoxy) is 1. The van der Waals surface area contributed by atoms with E-state index >= 15 is 0 Å². The number of hydrogen-bond donors (Lipinski definition) is 1. The third-order valence-electron chi connectivity index (χ3n) is 6.38. The molecule has 2 aliphatic rings. The normalized spacial score (nSPS) is 21.2. The van der Waals surface area contributed by atoms with Crippen LogP contribution in [0.2, 0.25) is 0 Å². The van der Waals surface area contributed by atoms with Crippen LogP contribution < -0.4 is 9.64 Å². The van der Waals surface area contributed by atoms with Crippen molar-refractivity contribution in [1.29, 1.82) is 0 Å². The van der Waals surface area contributed by atoms with Crippen LogP contribution in [0.25, 0.3) is 5.76 Å². The highest BCUT2D eigenvalue weighted by atomic mass is 16.5. The van der Waals surface area contributed by atoms with Crippen molar-refractivity contribution in [1.82, 2.24) is 0 Å². The van der Waals surface area contributed by atoms with Gasteiger partial charge in [-0.2, -0.15) is 0 Å². The summed E-state index contributed by atoms with van der Waals surface area (Å²) in [6, 6.07) is 19.8. The van der Waals surface area contributed by atoms with Gasteiger partial charge < -0.3 is 9.84 Å². The van der Waals surface area contributed by atoms with Crippen LogP contribution in [0.1, 0.15) is 40.8 Å². The van der Waals surface area contributed by atoms with Gasteiger partial charge in [0, 0.05) is 17.7 Å². The Kier molecular flexibility index (Phi) is 5.05. The summed E-state index contributed by atoms with van der Waals surface area (Å²) in [5.74, 6) is -0.713. The molecule has 1 fully saturated rings. The minimum absolute atomic E-state index is 0.0660. The van der Waals surface area contributed by atoms with E-state index in [0.29, 0.717) is 11.3 Å². The van der Waals surface area contributed by atoms with Crippen molar-refractivity contribution in [2.75, 3.05) is 4.90 Å². The lowest BCUT2D eigenvalue weighted by atomic mass is 9.92. The lowest BCUT2D eigenvalue weighted by Crippen LogP contribution is -2.29. The zero-order valence-corrected chi connectivity index (χ0v) is 18.8. The summed E-state index contributed by atoms with van der Waals surface area (Å²) < 4.78 is 5.77. The number of rotatable bonds is 3. The average Bonchev–Trinajstić information content (AvgIpc) is 3.29. The highest BCUT2D eigenvalue weighted by Crippen LogP contribution is 2.43. The van der Waals surface area contributed by atoms with Crippen molar-refractivity contribution in [2.45, 2.75) is 39.3 Å². The zero-order chi connectivity index (χ0) is 23.3. The second kappa shape index (κ2) is 7.93. The number of nitrogens with zero attached hydrogens (tertiary/aromatic N) is 1. The standard InChI is InChI=1S/C28H25NO4/c1-16-7-6-9-21(13-16)29-25(22-10-5-4-8-17(22)2)24(27(31)28(29)32)26(30)19-11-12-23-20(15-19)14-18(3)33-23/h4-13,15,18,25,30H,14H2,1-3H3/b26-24+. The van der Waals surface area contributed by atoms with Gasteiger partial charge in [-0.15, -0.1) is 0 Å². The van der Waals surface area contributed by atoms with Gasteiger partial charge in [0.15, 0.2) is 0 Å². The fourth-order valence-corrected chi connectivity index (χ4v) is 4.79. The summed E-state index contributed by atoms with van der Waals surface area (Å²) in [4.78, 5) is 28.1. The molecule has 5 nitrogen and oxygen atoms in total. The number of aliphatic hydroxyl groups is 1. The lowest BCUT2D eigenvalue weighted by Gasteiger charge is -2.27. The summed E-state index contributed by atoms with van der Waals surface area (Å²) in [7, 11) is 0. The van der Waals surface area contributed by atoms with E-state index in [1.54, 1.807) is 6.07 Å². The van der Waals surface area contributed by atoms with Crippen LogP contribution in [0.15, 0.2) is 72.3 Å². The maximum atomic E-state index is 13.3. The van der Waals surface area contributed by atoms with E-state index in [1.807, 2.05) is 81.4 Å². The Balaban J connectivity index is 1.72. The molecule has 166 valence electrons. The Hall–Kier alpha value is -3.86. The zero-order valence-electron chi connectivity index (χ0n) is 18.8. The second-order valence-electron chi connectivity index (χ2n) is 8.82. The molecule has 0 aromatic heterocycles. The number of benzene rings is 3. The topological polar surface area (TPSA) is 66.8 Å². The number of aliphatic hydroxyl groups excluding tert-OH is 1. The first-order chi connectivity index (χ1) is 15.8. The molecule has 2 aliphatic heterocycles. The average molecular weight is 440 g/mol. The van der Waals surface area contributed by atoms with Crippen molar-refractivity contribution in [3.05, 3.63) is 100 Å². The number of hydrogen-bond acceptors (Lipinski definition) is 4. The number of fused-ring (bicyclic) bond motifs is 1. The van der Waals surface area contributed by atoms with Crippen molar-refractivity contribution in [3.8, 4) is 5.75 Å². The Morgan fingerprint density at radius 1 is 1.00 bits per heavy atom. The van der Waals surface area contributed by atoms with Crippen LogP contribution >= 0.6 is 0 Å². The van der Waals surface area contributed by atoms with Crippen LogP contribution in [0.4, 0.5) is 5.69 Å². The number of carbonyl (C=O) groups is 2. The fourth-order valence-electron chi connectivity index (χ4n) is 4.79. The van der Waals surface area contributed by atoms with Crippen LogP contribution in [-0.4, -0.2) is 22.9 Å². The monoisotopic (exact) mass is 439 g/mol. The number of carbonyl (C=O) groups excluding carboxylic acids is 2. The van der Waals surface area contributed by atoms with Crippen LogP contribution in [-0.2, 0) is 16.0 Å². The number of Topliss-reactive ketones (excluding diaryl/α,β-unsaturated/α-hetero) is 1. The highest BCUT2D eigenvalue weighted by Gasteiger charge is 2.47. The van der Waals surface area contributed by atoms with Crippen molar-refractivity contribution in [2.24, 2.45) is 0 Å². The quantitative estimate of drug-likeness (QED) is 0.344. The molecule has 2 unspecified atom stereocenters. The first-order valence-corrected chi connectivity index (χ1v) is 11.1. The van der Waals surface area contributed by atoms with Gasteiger partial charge in [-0.25, -0.2) is 0 Å². The Morgan fingerprint density at radius 2 is 1.79 bits per heavy atom. The fraction of sp³-hybridized carbons (Fsp3) is 0.214. The lowest BCUT2D eigenvalue weighted by molar-refractivity contribution is -0.132. The number of anilines is 1. The molecule has 0 radical (unpaired) electrons. The van der Waals surface area contributed by atoms with Gasteiger partial charge in [-0.3, -0.25) is 14.5 Å². The SMILES string of the molecule is Cc1cccc(N2C(=O)C(=O)/C(=C(/O)c3ccc4c(c3)CC(C)O4)C2c2ccccc2C)c1. The van der Waals surface area contributed by atoms with Crippen molar-refractivity contribution in [3.63, 3.8) is 0 Å². The maximum Gasteiger partial charge on any atom is 0.300 e. The van der Waals surface area contributed by atoms with E-state index in [2.05, 4.69) is 0 Å². The molecule has 3 aromatic rings. The summed E-state index contributed by atoms with van der Waals surface area (Å²) >= 11 is 0. The molecule has 2 atom stereocenters. The Morgan fingerprint density at radius 3 is 2.55 bits per heavy atom. The van der Waals surface area contributed by atoms with E-state index in [4.69, 9.17) is 4.74 Å². The highest BCUT2D eigenvalue weighted by molar-refractivity contribution is 6.51. The molecule has 1 N–H and O–H groups in total. The van der Waals surface area contributed by atoms with Gasteiger partial charge in [-0.1, -0.05) is 36.4 Å². The largest absolute Gasteiger partial charge is 0.507 e. The second-order valence-corrected chi connectivity index (χ2v) is 8.82. The Bertz CT molecular complexity index is 1320. The predicted octanol–water partition coefficient (Wildman–Crippen LogP) is 5.25. The minimum Gasteiger partial charge on any atom is -0.507 e. The molecule has 1 amide bonds. The van der Waals surface area contributed by atoms with E-state index in [0.717, 1.165) is 34.4 Å². The number of amides is 1. The maximum absolute atomic E-state index is 13.3. The molecule has 0 spiro atoms. The molecule has 0 aliphatic carbocycles. The minimum atomic E-state index is -0.726. The Labute approximate surface area is 192 Å². The number of ketones is 1. The first kappa shape index (κ1) is 21.0. The summed E-state index contributed by atoms with van der Waals surface area (Å²) in [5, 5.41) is 11.4. The molecule has 5 heteroatoms. The van der Waals surface area contributed by atoms with Gasteiger partial charge in [0.25, 0.3) is 11.7 Å². The molecule has 5 rings (SSSR count). The van der Waals surface area contributed by atoms with Gasteiger partial charge >= 0.3 is 0 Å². The summed E-state index contributed by atoms with van der Waals surface area (Å²) in [6.07, 6.45) is 0.797. The molecule has 2 heterocycles. The van der Waals surface area contributed by atoms with Gasteiger partial charge in [-0.05, 0) is 73.4 Å². The van der Waals surface area contributed by atoms with Crippen molar-refractivity contribution < 1.29 is 19.4 Å². The van der Waals surface area contributed by atoms with Crippen molar-refractivity contribution >= 4 is 23.1 Å². The van der Waals surface area contributed by atoms with Crippen LogP contribution in [0, 0.1) is 13.8 Å². The molecular weight excluding hydrogens is 414 g/mol. The number of aryl methyl sites for hydroxylation is 2. The van der Waals surface area contributed by atoms with Gasteiger partial charge in [0.1, 0.15) is 17.6 Å². The molecule has 33 heavy (non-hydrogen) atoms.